The fraction of sp³-hybridized carbons (Fsp3) is 0.121. The van der Waals surface area contributed by atoms with Crippen LogP contribution in [0.5, 0.6) is 0 Å². The number of carbonyl (C=O) groups excluding carboxylic acids is 3. The van der Waals surface area contributed by atoms with Crippen LogP contribution in [-0.4, -0.2) is 17.3 Å². The molecule has 3 heteroatoms. The van der Waals surface area contributed by atoms with Gasteiger partial charge in [0.15, 0.2) is 11.6 Å². The highest BCUT2D eigenvalue weighted by Crippen LogP contribution is 2.71. The van der Waals surface area contributed by atoms with E-state index in [9.17, 15) is 14.4 Å². The van der Waals surface area contributed by atoms with Crippen molar-refractivity contribution in [2.24, 2.45) is 0 Å². The number of carbonyl (C=O) groups is 3. The topological polar surface area (TPSA) is 51.2 Å². The highest BCUT2D eigenvalue weighted by Gasteiger charge is 2.77. The maximum atomic E-state index is 14.9. The van der Waals surface area contributed by atoms with Gasteiger partial charge in [-0.05, 0) is 29.2 Å². The van der Waals surface area contributed by atoms with Crippen molar-refractivity contribution in [3.8, 4) is 0 Å². The van der Waals surface area contributed by atoms with Crippen LogP contribution >= 0.6 is 0 Å². The van der Waals surface area contributed by atoms with E-state index < -0.39 is 10.8 Å². The predicted molar refractivity (Wildman–Crippen MR) is 139 cm³/mol. The summed E-state index contributed by atoms with van der Waals surface area (Å²) in [7, 11) is 0. The van der Waals surface area contributed by atoms with Crippen LogP contribution in [0.15, 0.2) is 109 Å². The monoisotopic (exact) mass is 468 g/mol. The van der Waals surface area contributed by atoms with E-state index in [0.717, 1.165) is 11.5 Å². The molecule has 6 rings (SSSR count). The van der Waals surface area contributed by atoms with E-state index in [1.54, 1.807) is 24.3 Å². The van der Waals surface area contributed by atoms with E-state index in [-0.39, 0.29) is 17.3 Å². The first-order valence-electron chi connectivity index (χ1n) is 12.1. The Labute approximate surface area is 210 Å². The number of hydrogen-bond acceptors (Lipinski definition) is 3. The molecule has 0 saturated carbocycles. The number of Topliss-reactive ketones (excluding diaryl/α,β-unsaturated/α-hetero) is 3. The minimum Gasteiger partial charge on any atom is -0.299 e. The quantitative estimate of drug-likeness (QED) is 0.332. The van der Waals surface area contributed by atoms with Crippen LogP contribution in [0, 0.1) is 11.8 Å². The molecule has 2 radical (unpaired) electrons. The maximum Gasteiger partial charge on any atom is 0.176 e. The molecule has 2 aliphatic rings. The lowest BCUT2D eigenvalue weighted by molar-refractivity contribution is -0.115. The summed E-state index contributed by atoms with van der Waals surface area (Å²) < 4.78 is 0. The van der Waals surface area contributed by atoms with Crippen LogP contribution in [0.2, 0.25) is 0 Å². The number of benzene rings is 4. The van der Waals surface area contributed by atoms with Crippen molar-refractivity contribution in [1.29, 1.82) is 0 Å². The molecule has 0 heterocycles. The van der Waals surface area contributed by atoms with Crippen LogP contribution in [0.3, 0.4) is 0 Å². The molecule has 0 aliphatic heterocycles. The number of rotatable bonds is 5. The second-order valence-electron chi connectivity index (χ2n) is 9.54. The minimum atomic E-state index is -1.52. The molecule has 2 unspecified atom stereocenters. The normalized spacial score (nSPS) is 22.5. The third-order valence-corrected chi connectivity index (χ3v) is 7.94. The largest absolute Gasteiger partial charge is 0.299 e. The van der Waals surface area contributed by atoms with Crippen LogP contribution in [0.1, 0.15) is 56.8 Å². The molecule has 2 aliphatic carbocycles. The predicted octanol–water partition coefficient (Wildman–Crippen LogP) is 6.11. The summed E-state index contributed by atoms with van der Waals surface area (Å²) in [5, 5.41) is 0. The molecule has 174 valence electrons. The van der Waals surface area contributed by atoms with Crippen molar-refractivity contribution >= 4 is 17.3 Å². The molecule has 0 aromatic heterocycles. The van der Waals surface area contributed by atoms with Crippen LogP contribution < -0.4 is 0 Å². The average molecular weight is 469 g/mol. The molecule has 0 spiro atoms. The Hall–Kier alpha value is -4.11. The van der Waals surface area contributed by atoms with E-state index in [1.807, 2.05) is 91.9 Å². The number of ketones is 3. The second kappa shape index (κ2) is 7.96. The second-order valence-corrected chi connectivity index (χ2v) is 9.54. The lowest BCUT2D eigenvalue weighted by Gasteiger charge is -2.44. The van der Waals surface area contributed by atoms with Gasteiger partial charge in [0.05, 0.1) is 16.7 Å². The molecule has 0 N–H and O–H groups in total. The van der Waals surface area contributed by atoms with Crippen LogP contribution in [-0.2, 0) is 15.6 Å². The molecule has 36 heavy (non-hydrogen) atoms. The first-order valence-corrected chi connectivity index (χ1v) is 12.1. The van der Waals surface area contributed by atoms with Crippen LogP contribution in [0.4, 0.5) is 0 Å². The van der Waals surface area contributed by atoms with Crippen molar-refractivity contribution in [3.05, 3.63) is 154 Å². The maximum absolute atomic E-state index is 14.9. The fourth-order valence-corrected chi connectivity index (χ4v) is 6.71. The van der Waals surface area contributed by atoms with Gasteiger partial charge in [0.25, 0.3) is 0 Å². The number of fused-ring (bicyclic) bond motifs is 5. The Kier molecular flexibility index (Phi) is 4.94. The summed E-state index contributed by atoms with van der Waals surface area (Å²) in [6.45, 7) is 3.45. The highest BCUT2D eigenvalue weighted by molar-refractivity contribution is 6.25. The Bertz CT molecular complexity index is 1520. The molecule has 4 aromatic carbocycles. The van der Waals surface area contributed by atoms with Crippen molar-refractivity contribution in [2.75, 3.05) is 0 Å². The fourth-order valence-electron chi connectivity index (χ4n) is 6.71. The molecular weight excluding hydrogens is 444 g/mol. The zero-order chi connectivity index (χ0) is 25.1. The van der Waals surface area contributed by atoms with Gasteiger partial charge in [0.2, 0.25) is 0 Å². The summed E-state index contributed by atoms with van der Waals surface area (Å²) in [5.74, 6) is 0.558. The number of hydrogen-bond donors (Lipinski definition) is 0. The van der Waals surface area contributed by atoms with Gasteiger partial charge in [-0.15, -0.1) is 0 Å². The lowest BCUT2D eigenvalue weighted by atomic mass is 9.52. The van der Waals surface area contributed by atoms with Gasteiger partial charge < -0.3 is 0 Å². The Morgan fingerprint density at radius 2 is 0.944 bits per heavy atom. The van der Waals surface area contributed by atoms with Crippen LogP contribution in [0.25, 0.3) is 0 Å². The van der Waals surface area contributed by atoms with Gasteiger partial charge >= 0.3 is 0 Å². The Balaban J connectivity index is 1.82. The van der Waals surface area contributed by atoms with E-state index >= 15 is 0 Å². The first kappa shape index (κ1) is 22.4. The van der Waals surface area contributed by atoms with E-state index in [4.69, 9.17) is 0 Å². The van der Waals surface area contributed by atoms with Gasteiger partial charge in [0, 0.05) is 17.0 Å². The van der Waals surface area contributed by atoms with Gasteiger partial charge in [-0.3, -0.25) is 14.4 Å². The zero-order valence-corrected chi connectivity index (χ0v) is 20.1. The standard InChI is InChI=1S/C33H24O3/c1-21-25-17-9-11-19-27(25)33(31(36)24-15-7-4-8-16-24)29(22(2)34)26-18-10-12-20-28(26)32(21,33)30(35)23-13-5-3-6-14-23/h3-20H,1-2H3. The van der Waals surface area contributed by atoms with Crippen molar-refractivity contribution < 1.29 is 14.4 Å². The van der Waals surface area contributed by atoms with Gasteiger partial charge in [-0.2, -0.15) is 0 Å². The zero-order valence-electron chi connectivity index (χ0n) is 20.1. The SMILES string of the molecule is C[C]1c2ccccc2C2(C(=O)c3ccccc3)[C](C(C)=O)c3ccccc3C12C(=O)c1ccccc1. The lowest BCUT2D eigenvalue weighted by Crippen LogP contribution is -2.58. The molecule has 0 fully saturated rings. The molecule has 4 aromatic rings. The molecule has 2 atom stereocenters. The average Bonchev–Trinajstić information content (AvgIpc) is 3.33. The van der Waals surface area contributed by atoms with Crippen molar-refractivity contribution in [3.63, 3.8) is 0 Å². The Morgan fingerprint density at radius 1 is 0.528 bits per heavy atom. The van der Waals surface area contributed by atoms with E-state index in [1.165, 1.54) is 6.92 Å². The van der Waals surface area contributed by atoms with E-state index in [0.29, 0.717) is 33.7 Å². The third kappa shape index (κ3) is 2.55. The molecule has 0 amide bonds. The van der Waals surface area contributed by atoms with Gasteiger partial charge in [-0.1, -0.05) is 116 Å². The molecule has 3 nitrogen and oxygen atoms in total. The van der Waals surface area contributed by atoms with Crippen molar-refractivity contribution in [1.82, 2.24) is 0 Å². The summed E-state index contributed by atoms with van der Waals surface area (Å²) in [5.41, 5.74) is 1.02. The smallest absolute Gasteiger partial charge is 0.176 e. The molecule has 0 bridgehead atoms. The minimum absolute atomic E-state index is 0.176. The van der Waals surface area contributed by atoms with Gasteiger partial charge in [0.1, 0.15) is 5.78 Å². The van der Waals surface area contributed by atoms with E-state index in [2.05, 4.69) is 0 Å². The first-order chi connectivity index (χ1) is 17.5. The summed E-state index contributed by atoms with van der Waals surface area (Å²) in [6.07, 6.45) is 0. The summed E-state index contributed by atoms with van der Waals surface area (Å²) in [4.78, 5) is 43.4. The van der Waals surface area contributed by atoms with Crippen molar-refractivity contribution in [2.45, 2.75) is 24.7 Å². The summed E-state index contributed by atoms with van der Waals surface area (Å²) >= 11 is 0. The Morgan fingerprint density at radius 3 is 1.47 bits per heavy atom. The van der Waals surface area contributed by atoms with Gasteiger partial charge in [-0.25, -0.2) is 0 Å². The third-order valence-electron chi connectivity index (χ3n) is 7.94. The summed E-state index contributed by atoms with van der Waals surface area (Å²) in [6, 6.07) is 33.4. The molecular formula is C33H24O3. The highest BCUT2D eigenvalue weighted by atomic mass is 16.1. The molecule has 0 saturated heterocycles.